The van der Waals surface area contributed by atoms with Crippen molar-refractivity contribution in [1.29, 1.82) is 0 Å². The molecule has 0 N–H and O–H groups in total. The molecule has 1 aromatic rings. The number of rotatable bonds is 9. The number of ether oxygens (including phenoxy) is 2. The summed E-state index contributed by atoms with van der Waals surface area (Å²) < 4.78 is 11.2. The van der Waals surface area contributed by atoms with Gasteiger partial charge in [-0.25, -0.2) is 4.79 Å². The lowest BCUT2D eigenvalue weighted by atomic mass is 10.00. The number of nitro benzene ring substituents is 1. The lowest BCUT2D eigenvalue weighted by molar-refractivity contribution is -0.384. The van der Waals surface area contributed by atoms with Crippen molar-refractivity contribution in [2.45, 2.75) is 50.9 Å². The molecule has 7 nitrogen and oxygen atoms in total. The van der Waals surface area contributed by atoms with Gasteiger partial charge < -0.3 is 14.3 Å². The number of esters is 1. The molecule has 3 atom stereocenters. The maximum Gasteiger partial charge on any atom is 0.338 e. The molecule has 0 aliphatic carbocycles. The number of non-ortho nitro benzene ring substituents is 1. The van der Waals surface area contributed by atoms with E-state index in [1.165, 1.54) is 24.3 Å². The predicted octanol–water partition coefficient (Wildman–Crippen LogP) is 3.93. The topological polar surface area (TPSA) is 95.7 Å². The highest BCUT2D eigenvalue weighted by atomic mass is 16.6. The van der Waals surface area contributed by atoms with Crippen LogP contribution in [0.3, 0.4) is 0 Å². The first-order chi connectivity index (χ1) is 13.3. The van der Waals surface area contributed by atoms with Crippen LogP contribution in [-0.2, 0) is 14.3 Å². The Hall–Kier alpha value is -3.02. The smallest absolute Gasteiger partial charge is 0.338 e. The normalized spacial score (nSPS) is 19.5. The SMILES string of the molecule is C=C=C(C)C[C@H](CC[C@@H]1O[C@@H](C=O)CC1=C)OC(=O)c1ccc([N+](=O)[O-])cc1. The predicted molar refractivity (Wildman–Crippen MR) is 103 cm³/mol. The molecule has 0 saturated carbocycles. The molecular formula is C21H23NO6. The Morgan fingerprint density at radius 2 is 2.14 bits per heavy atom. The monoisotopic (exact) mass is 385 g/mol. The number of nitrogens with zero attached hydrogens (tertiary/aromatic N) is 1. The van der Waals surface area contributed by atoms with Crippen LogP contribution in [0, 0.1) is 10.1 Å². The zero-order chi connectivity index (χ0) is 20.7. The number of aldehydes is 1. The van der Waals surface area contributed by atoms with Gasteiger partial charge in [-0.1, -0.05) is 13.2 Å². The molecule has 0 spiro atoms. The minimum absolute atomic E-state index is 0.0971. The van der Waals surface area contributed by atoms with E-state index in [-0.39, 0.29) is 17.4 Å². The number of hydrogen-bond donors (Lipinski definition) is 0. The fourth-order valence-electron chi connectivity index (χ4n) is 2.99. The summed E-state index contributed by atoms with van der Waals surface area (Å²) in [6.07, 6.45) is 1.65. The average molecular weight is 385 g/mol. The first-order valence-corrected chi connectivity index (χ1v) is 8.93. The highest BCUT2D eigenvalue weighted by Crippen LogP contribution is 2.28. The number of carbonyl (C=O) groups excluding carboxylic acids is 2. The fourth-order valence-corrected chi connectivity index (χ4v) is 2.99. The zero-order valence-corrected chi connectivity index (χ0v) is 15.8. The van der Waals surface area contributed by atoms with Gasteiger partial charge in [-0.15, -0.1) is 5.73 Å². The zero-order valence-electron chi connectivity index (χ0n) is 15.8. The third kappa shape index (κ3) is 5.74. The molecule has 148 valence electrons. The van der Waals surface area contributed by atoms with Gasteiger partial charge in [0, 0.05) is 25.0 Å². The summed E-state index contributed by atoms with van der Waals surface area (Å²) in [7, 11) is 0. The number of carbonyl (C=O) groups is 2. The van der Waals surface area contributed by atoms with Crippen molar-refractivity contribution in [2.75, 3.05) is 0 Å². The van der Waals surface area contributed by atoms with Crippen LogP contribution in [0.5, 0.6) is 0 Å². The van der Waals surface area contributed by atoms with Crippen molar-refractivity contribution in [2.24, 2.45) is 0 Å². The lowest BCUT2D eigenvalue weighted by Gasteiger charge is -2.20. The van der Waals surface area contributed by atoms with Gasteiger partial charge in [-0.05, 0) is 43.0 Å². The maximum absolute atomic E-state index is 12.4. The summed E-state index contributed by atoms with van der Waals surface area (Å²) >= 11 is 0. The van der Waals surface area contributed by atoms with Gasteiger partial charge in [0.05, 0.1) is 16.6 Å². The molecule has 1 aromatic carbocycles. The van der Waals surface area contributed by atoms with Gasteiger partial charge in [-0.3, -0.25) is 10.1 Å². The van der Waals surface area contributed by atoms with E-state index in [4.69, 9.17) is 9.47 Å². The van der Waals surface area contributed by atoms with Gasteiger partial charge in [0.1, 0.15) is 18.5 Å². The molecule has 7 heteroatoms. The number of nitro groups is 1. The van der Waals surface area contributed by atoms with Crippen molar-refractivity contribution in [1.82, 2.24) is 0 Å². The van der Waals surface area contributed by atoms with E-state index in [0.717, 1.165) is 17.4 Å². The second-order valence-electron chi connectivity index (χ2n) is 6.73. The quantitative estimate of drug-likeness (QED) is 0.160. The molecule has 0 bridgehead atoms. The molecule has 0 radical (unpaired) electrons. The Morgan fingerprint density at radius 1 is 1.46 bits per heavy atom. The van der Waals surface area contributed by atoms with Crippen LogP contribution in [-0.4, -0.2) is 35.5 Å². The van der Waals surface area contributed by atoms with E-state index in [1.54, 1.807) is 0 Å². The van der Waals surface area contributed by atoms with Crippen LogP contribution in [0.25, 0.3) is 0 Å². The summed E-state index contributed by atoms with van der Waals surface area (Å²) in [5.74, 6) is -0.561. The molecule has 28 heavy (non-hydrogen) atoms. The molecule has 1 aliphatic heterocycles. The lowest BCUT2D eigenvalue weighted by Crippen LogP contribution is -2.22. The first-order valence-electron chi connectivity index (χ1n) is 8.93. The minimum atomic E-state index is -0.561. The highest BCUT2D eigenvalue weighted by Gasteiger charge is 2.29. The van der Waals surface area contributed by atoms with Crippen LogP contribution in [0.1, 0.15) is 43.0 Å². The number of benzene rings is 1. The van der Waals surface area contributed by atoms with Crippen molar-refractivity contribution in [3.05, 3.63) is 70.0 Å². The molecule has 0 unspecified atom stereocenters. The summed E-state index contributed by atoms with van der Waals surface area (Å²) in [6.45, 7) is 9.39. The largest absolute Gasteiger partial charge is 0.458 e. The average Bonchev–Trinajstić information content (AvgIpc) is 3.05. The summed E-state index contributed by atoms with van der Waals surface area (Å²) in [4.78, 5) is 33.5. The molecule has 0 aromatic heterocycles. The van der Waals surface area contributed by atoms with E-state index >= 15 is 0 Å². The van der Waals surface area contributed by atoms with Crippen molar-refractivity contribution in [3.8, 4) is 0 Å². The summed E-state index contributed by atoms with van der Waals surface area (Å²) in [5.41, 5.74) is 4.62. The van der Waals surface area contributed by atoms with Gasteiger partial charge in [0.15, 0.2) is 0 Å². The number of hydrogen-bond acceptors (Lipinski definition) is 6. The van der Waals surface area contributed by atoms with E-state index in [1.807, 2.05) is 6.92 Å². The highest BCUT2D eigenvalue weighted by molar-refractivity contribution is 5.89. The fraction of sp³-hybridized carbons (Fsp3) is 0.381. The Kier molecular flexibility index (Phi) is 7.44. The second-order valence-corrected chi connectivity index (χ2v) is 6.73. The molecule has 1 saturated heterocycles. The van der Waals surface area contributed by atoms with Gasteiger partial charge in [0.25, 0.3) is 5.69 Å². The molecule has 0 amide bonds. The molecule has 1 heterocycles. The standard InChI is InChI=1S/C21H23NO6/c1-4-14(2)11-18(9-10-20-15(3)12-19(13-23)27-20)28-21(24)16-5-7-17(8-6-16)22(25)26/h5-8,13,18-20H,1,3,9-12H2,2H3/t18-,19+,20-/m0/s1. The third-order valence-electron chi connectivity index (χ3n) is 4.58. The third-order valence-corrected chi connectivity index (χ3v) is 4.58. The van der Waals surface area contributed by atoms with Crippen LogP contribution in [0.2, 0.25) is 0 Å². The van der Waals surface area contributed by atoms with Crippen LogP contribution in [0.4, 0.5) is 5.69 Å². The Bertz CT molecular complexity index is 807. The first kappa shape index (κ1) is 21.3. The van der Waals surface area contributed by atoms with E-state index in [0.29, 0.717) is 25.7 Å². The van der Waals surface area contributed by atoms with Crippen LogP contribution in [0.15, 0.2) is 54.3 Å². The second kappa shape index (κ2) is 9.78. The molecule has 1 aliphatic rings. The van der Waals surface area contributed by atoms with Crippen molar-refractivity contribution < 1.29 is 24.0 Å². The minimum Gasteiger partial charge on any atom is -0.458 e. The maximum atomic E-state index is 12.4. The molecule has 2 rings (SSSR count). The molecule has 1 fully saturated rings. The Balaban J connectivity index is 2.02. The van der Waals surface area contributed by atoms with Crippen molar-refractivity contribution in [3.63, 3.8) is 0 Å². The van der Waals surface area contributed by atoms with Crippen LogP contribution < -0.4 is 0 Å². The summed E-state index contributed by atoms with van der Waals surface area (Å²) in [6, 6.07) is 5.25. The van der Waals surface area contributed by atoms with Gasteiger partial charge in [0.2, 0.25) is 0 Å². The van der Waals surface area contributed by atoms with E-state index < -0.39 is 23.1 Å². The Labute approximate surface area is 163 Å². The van der Waals surface area contributed by atoms with E-state index in [2.05, 4.69) is 18.9 Å². The van der Waals surface area contributed by atoms with Gasteiger partial charge >= 0.3 is 5.97 Å². The van der Waals surface area contributed by atoms with Crippen LogP contribution >= 0.6 is 0 Å². The van der Waals surface area contributed by atoms with E-state index in [9.17, 15) is 19.7 Å². The Morgan fingerprint density at radius 3 is 2.68 bits per heavy atom. The molecular weight excluding hydrogens is 362 g/mol. The van der Waals surface area contributed by atoms with Gasteiger partial charge in [-0.2, -0.15) is 0 Å². The summed E-state index contributed by atoms with van der Waals surface area (Å²) in [5, 5.41) is 10.7. The van der Waals surface area contributed by atoms with Crippen molar-refractivity contribution >= 4 is 17.9 Å².